The van der Waals surface area contributed by atoms with Crippen LogP contribution in [0.5, 0.6) is 0 Å². The molecular weight excluding hydrogens is 254 g/mol. The molecule has 1 N–H and O–H groups in total. The van der Waals surface area contributed by atoms with Crippen LogP contribution in [0.15, 0.2) is 46.2 Å². The van der Waals surface area contributed by atoms with Crippen LogP contribution in [0.4, 0.5) is 0 Å². The molecule has 3 rings (SSSR count). The van der Waals surface area contributed by atoms with Gasteiger partial charge in [-0.15, -0.1) is 11.3 Å². The summed E-state index contributed by atoms with van der Waals surface area (Å²) in [6.07, 6.45) is 0. The van der Waals surface area contributed by atoms with Crippen LogP contribution in [0.3, 0.4) is 0 Å². The van der Waals surface area contributed by atoms with Crippen LogP contribution in [0.2, 0.25) is 0 Å². The topological polar surface area (TPSA) is 25.2 Å². The monoisotopic (exact) mass is 271 g/mol. The first-order valence-corrected chi connectivity index (χ1v) is 7.37. The molecule has 0 saturated carbocycles. The van der Waals surface area contributed by atoms with Crippen molar-refractivity contribution in [3.05, 3.63) is 58.0 Å². The molecule has 2 nitrogen and oxygen atoms in total. The van der Waals surface area contributed by atoms with Crippen molar-refractivity contribution < 1.29 is 4.42 Å². The van der Waals surface area contributed by atoms with Crippen molar-refractivity contribution >= 4 is 22.3 Å². The Labute approximate surface area is 117 Å². The lowest BCUT2D eigenvalue weighted by atomic mass is 10.1. The minimum atomic E-state index is 0.369. The molecule has 0 aliphatic rings. The lowest BCUT2D eigenvalue weighted by Crippen LogP contribution is -2.17. The highest BCUT2D eigenvalue weighted by Crippen LogP contribution is 2.26. The number of furan rings is 1. The number of hydrogen-bond donors (Lipinski definition) is 1. The zero-order valence-corrected chi connectivity index (χ0v) is 12.0. The van der Waals surface area contributed by atoms with Crippen molar-refractivity contribution in [3.8, 4) is 0 Å². The molecule has 3 heteroatoms. The fourth-order valence-electron chi connectivity index (χ4n) is 2.33. The van der Waals surface area contributed by atoms with Gasteiger partial charge in [0.15, 0.2) is 0 Å². The summed E-state index contributed by atoms with van der Waals surface area (Å²) in [5, 5.41) is 6.90. The number of aryl methyl sites for hydroxylation is 1. The average Bonchev–Trinajstić information content (AvgIpc) is 3.03. The molecule has 1 atom stereocenters. The molecule has 2 aromatic heterocycles. The van der Waals surface area contributed by atoms with Crippen LogP contribution >= 0.6 is 11.3 Å². The number of hydrogen-bond acceptors (Lipinski definition) is 3. The Balaban J connectivity index is 1.80. The second-order valence-electron chi connectivity index (χ2n) is 4.75. The maximum atomic E-state index is 5.78. The van der Waals surface area contributed by atoms with Gasteiger partial charge in [0.1, 0.15) is 11.3 Å². The van der Waals surface area contributed by atoms with E-state index in [1.54, 1.807) is 11.3 Å². The van der Waals surface area contributed by atoms with Crippen molar-refractivity contribution in [2.45, 2.75) is 26.4 Å². The van der Waals surface area contributed by atoms with Crippen molar-refractivity contribution in [2.75, 3.05) is 0 Å². The van der Waals surface area contributed by atoms with Gasteiger partial charge in [0, 0.05) is 28.4 Å². The first-order valence-electron chi connectivity index (χ1n) is 6.49. The fourth-order valence-corrected chi connectivity index (χ4v) is 3.09. The average molecular weight is 271 g/mol. The zero-order valence-electron chi connectivity index (χ0n) is 11.1. The normalized spacial score (nSPS) is 12.9. The predicted molar refractivity (Wildman–Crippen MR) is 80.5 cm³/mol. The van der Waals surface area contributed by atoms with Crippen molar-refractivity contribution in [1.82, 2.24) is 5.32 Å². The summed E-state index contributed by atoms with van der Waals surface area (Å²) in [4.78, 5) is 1.37. The van der Waals surface area contributed by atoms with Crippen LogP contribution in [0, 0.1) is 6.92 Å². The molecule has 3 aromatic rings. The molecule has 98 valence electrons. The van der Waals surface area contributed by atoms with Gasteiger partial charge in [-0.05, 0) is 31.4 Å². The Bertz CT molecular complexity index is 669. The summed E-state index contributed by atoms with van der Waals surface area (Å²) in [6.45, 7) is 5.07. The van der Waals surface area contributed by atoms with Gasteiger partial charge >= 0.3 is 0 Å². The molecule has 0 aliphatic heterocycles. The fraction of sp³-hybridized carbons (Fsp3) is 0.250. The Morgan fingerprint density at radius 1 is 1.21 bits per heavy atom. The third-order valence-corrected chi connectivity index (χ3v) is 4.51. The number of nitrogens with one attached hydrogen (secondary N) is 1. The molecule has 0 aliphatic carbocycles. The Morgan fingerprint density at radius 3 is 2.84 bits per heavy atom. The van der Waals surface area contributed by atoms with Gasteiger partial charge < -0.3 is 9.73 Å². The summed E-state index contributed by atoms with van der Waals surface area (Å²) in [6, 6.07) is 12.8. The van der Waals surface area contributed by atoms with E-state index in [-0.39, 0.29) is 0 Å². The molecule has 0 saturated heterocycles. The standard InChI is InChI=1S/C16H17NOS/c1-11(16-8-5-9-19-16)17-10-14-12(2)18-15-7-4-3-6-13(14)15/h3-9,11,17H,10H2,1-2H3/t11-/m1/s1. The highest BCUT2D eigenvalue weighted by atomic mass is 32.1. The number of para-hydroxylation sites is 1. The lowest BCUT2D eigenvalue weighted by molar-refractivity contribution is 0.547. The van der Waals surface area contributed by atoms with Gasteiger partial charge in [-0.3, -0.25) is 0 Å². The van der Waals surface area contributed by atoms with Crippen molar-refractivity contribution in [3.63, 3.8) is 0 Å². The third-order valence-electron chi connectivity index (χ3n) is 3.46. The maximum absolute atomic E-state index is 5.78. The highest BCUT2D eigenvalue weighted by molar-refractivity contribution is 7.10. The van der Waals surface area contributed by atoms with E-state index in [4.69, 9.17) is 4.42 Å². The van der Waals surface area contributed by atoms with Crippen LogP contribution in [0.25, 0.3) is 11.0 Å². The minimum absolute atomic E-state index is 0.369. The highest BCUT2D eigenvalue weighted by Gasteiger charge is 2.12. The molecule has 0 bridgehead atoms. The molecule has 2 heterocycles. The summed E-state index contributed by atoms with van der Waals surface area (Å²) in [5.74, 6) is 1.01. The van der Waals surface area contributed by atoms with E-state index in [9.17, 15) is 0 Å². The molecule has 0 fully saturated rings. The molecule has 0 radical (unpaired) electrons. The van der Waals surface area contributed by atoms with Gasteiger partial charge in [-0.2, -0.15) is 0 Å². The van der Waals surface area contributed by atoms with Gasteiger partial charge in [0.2, 0.25) is 0 Å². The van der Waals surface area contributed by atoms with E-state index in [0.29, 0.717) is 6.04 Å². The molecule has 0 spiro atoms. The number of thiophene rings is 1. The maximum Gasteiger partial charge on any atom is 0.134 e. The second kappa shape index (κ2) is 5.19. The lowest BCUT2D eigenvalue weighted by Gasteiger charge is -2.11. The summed E-state index contributed by atoms with van der Waals surface area (Å²) in [7, 11) is 0. The molecular formula is C16H17NOS. The quantitative estimate of drug-likeness (QED) is 0.747. The van der Waals surface area contributed by atoms with Gasteiger partial charge in [-0.25, -0.2) is 0 Å². The zero-order chi connectivity index (χ0) is 13.2. The van der Waals surface area contributed by atoms with E-state index in [2.05, 4.69) is 41.9 Å². The van der Waals surface area contributed by atoms with Gasteiger partial charge in [-0.1, -0.05) is 24.3 Å². The van der Waals surface area contributed by atoms with Gasteiger partial charge in [0.25, 0.3) is 0 Å². The van der Waals surface area contributed by atoms with Crippen LogP contribution < -0.4 is 5.32 Å². The van der Waals surface area contributed by atoms with E-state index < -0.39 is 0 Å². The van der Waals surface area contributed by atoms with Gasteiger partial charge in [0.05, 0.1) is 0 Å². The van der Waals surface area contributed by atoms with E-state index >= 15 is 0 Å². The third kappa shape index (κ3) is 2.44. The van der Waals surface area contributed by atoms with E-state index in [0.717, 1.165) is 17.9 Å². The van der Waals surface area contributed by atoms with E-state index in [1.807, 2.05) is 19.1 Å². The van der Waals surface area contributed by atoms with Crippen LogP contribution in [-0.4, -0.2) is 0 Å². The molecule has 0 unspecified atom stereocenters. The Morgan fingerprint density at radius 2 is 2.05 bits per heavy atom. The first-order chi connectivity index (χ1) is 9.25. The predicted octanol–water partition coefficient (Wildman–Crippen LogP) is 4.65. The molecule has 1 aromatic carbocycles. The SMILES string of the molecule is Cc1oc2ccccc2c1CN[C@H](C)c1cccs1. The number of rotatable bonds is 4. The van der Waals surface area contributed by atoms with Crippen LogP contribution in [-0.2, 0) is 6.54 Å². The number of fused-ring (bicyclic) bond motifs is 1. The molecule has 19 heavy (non-hydrogen) atoms. The minimum Gasteiger partial charge on any atom is -0.461 e. The van der Waals surface area contributed by atoms with E-state index in [1.165, 1.54) is 15.8 Å². The summed E-state index contributed by atoms with van der Waals surface area (Å²) >= 11 is 1.79. The Kier molecular flexibility index (Phi) is 3.40. The Hall–Kier alpha value is -1.58. The van der Waals surface area contributed by atoms with Crippen LogP contribution in [0.1, 0.15) is 29.2 Å². The van der Waals surface area contributed by atoms with Crippen molar-refractivity contribution in [1.29, 1.82) is 0 Å². The number of benzene rings is 1. The molecule has 0 amide bonds. The summed E-state index contributed by atoms with van der Waals surface area (Å²) < 4.78 is 5.78. The van der Waals surface area contributed by atoms with Crippen molar-refractivity contribution in [2.24, 2.45) is 0 Å². The second-order valence-corrected chi connectivity index (χ2v) is 5.73. The smallest absolute Gasteiger partial charge is 0.134 e. The first kappa shape index (κ1) is 12.5. The summed E-state index contributed by atoms with van der Waals surface area (Å²) in [5.41, 5.74) is 2.24. The largest absolute Gasteiger partial charge is 0.461 e.